The summed E-state index contributed by atoms with van der Waals surface area (Å²) in [5.74, 6) is 0.702. The predicted molar refractivity (Wildman–Crippen MR) is 164 cm³/mol. The van der Waals surface area contributed by atoms with Gasteiger partial charge in [-0.1, -0.05) is 12.1 Å². The molecule has 11 heteroatoms. The molecule has 2 aliphatic heterocycles. The summed E-state index contributed by atoms with van der Waals surface area (Å²) in [6.45, 7) is 8.58. The van der Waals surface area contributed by atoms with E-state index in [9.17, 15) is 14.7 Å². The molecule has 1 aromatic carbocycles. The maximum absolute atomic E-state index is 13.5. The van der Waals surface area contributed by atoms with Gasteiger partial charge in [-0.25, -0.2) is 9.97 Å². The smallest absolute Gasteiger partial charge is 0.323 e. The third-order valence-electron chi connectivity index (χ3n) is 8.99. The van der Waals surface area contributed by atoms with Crippen molar-refractivity contribution < 1.29 is 14.7 Å². The van der Waals surface area contributed by atoms with E-state index in [2.05, 4.69) is 48.0 Å². The summed E-state index contributed by atoms with van der Waals surface area (Å²) in [5.41, 5.74) is 3.42. The van der Waals surface area contributed by atoms with E-state index in [1.165, 1.54) is 10.4 Å². The number of imidazole rings is 2. The number of aryl methyl sites for hydroxylation is 1. The number of carbonyl (C=O) groups is 2. The summed E-state index contributed by atoms with van der Waals surface area (Å²) < 4.78 is 1.65. The van der Waals surface area contributed by atoms with Crippen molar-refractivity contribution in [1.29, 1.82) is 0 Å². The van der Waals surface area contributed by atoms with Gasteiger partial charge in [-0.2, -0.15) is 0 Å². The van der Waals surface area contributed by atoms with Crippen molar-refractivity contribution >= 4 is 23.2 Å². The molecule has 1 amide bonds. The Morgan fingerprint density at radius 3 is 2.51 bits per heavy atom. The van der Waals surface area contributed by atoms with Gasteiger partial charge in [0.25, 0.3) is 5.91 Å². The van der Waals surface area contributed by atoms with Crippen LogP contribution in [0.4, 0.5) is 0 Å². The molecule has 0 saturated carbocycles. The zero-order valence-electron chi connectivity index (χ0n) is 24.6. The molecule has 2 N–H and O–H groups in total. The largest absolute Gasteiger partial charge is 0.480 e. The summed E-state index contributed by atoms with van der Waals surface area (Å²) in [6.07, 6.45) is 10.2. The third kappa shape index (κ3) is 7.06. The van der Waals surface area contributed by atoms with Crippen molar-refractivity contribution in [3.8, 4) is 0 Å². The first-order valence-corrected chi connectivity index (χ1v) is 15.8. The fraction of sp³-hybridized carbons (Fsp3) is 0.438. The Bertz CT molecular complexity index is 1520. The minimum atomic E-state index is -0.907. The molecule has 1 spiro atoms. The van der Waals surface area contributed by atoms with Crippen molar-refractivity contribution in [3.05, 3.63) is 93.7 Å². The number of carboxylic acid groups (broad SMARTS) is 1. The van der Waals surface area contributed by atoms with Crippen LogP contribution in [0, 0.1) is 12.3 Å². The summed E-state index contributed by atoms with van der Waals surface area (Å²) in [5, 5.41) is 11.4. The number of nitrogens with one attached hydrogen (secondary N) is 1. The number of aromatic nitrogens is 4. The molecule has 2 aliphatic rings. The topological polar surface area (TPSA) is 111 Å². The van der Waals surface area contributed by atoms with Crippen LogP contribution >= 0.6 is 11.3 Å². The van der Waals surface area contributed by atoms with Crippen LogP contribution in [0.5, 0.6) is 0 Å². The second-order valence-electron chi connectivity index (χ2n) is 12.0. The number of aromatic amines is 1. The summed E-state index contributed by atoms with van der Waals surface area (Å²) in [4.78, 5) is 45.0. The Morgan fingerprint density at radius 1 is 1.02 bits per heavy atom. The molecule has 4 aromatic rings. The highest BCUT2D eigenvalue weighted by Crippen LogP contribution is 2.41. The SMILES string of the molecule is Cc1ccsc1CN1CCC2(CC1)CCN(C(=O)c1ccc(CN(Cc3ncc[nH]3)Cc3nccn3CC(=O)O)cc1)C2. The predicted octanol–water partition coefficient (Wildman–Crippen LogP) is 4.39. The third-order valence-corrected chi connectivity index (χ3v) is 9.99. The van der Waals surface area contributed by atoms with Crippen LogP contribution < -0.4 is 0 Å². The minimum absolute atomic E-state index is 0.114. The molecule has 0 aliphatic carbocycles. The molecule has 0 unspecified atom stereocenters. The number of H-pyrrole nitrogens is 1. The van der Waals surface area contributed by atoms with Crippen LogP contribution in [-0.2, 0) is 37.5 Å². The van der Waals surface area contributed by atoms with E-state index >= 15 is 0 Å². The van der Waals surface area contributed by atoms with Gasteiger partial charge in [0.05, 0.1) is 13.1 Å². The van der Waals surface area contributed by atoms with Crippen molar-refractivity contribution in [2.24, 2.45) is 5.41 Å². The number of carboxylic acids is 1. The Hall–Kier alpha value is -3.80. The zero-order chi connectivity index (χ0) is 29.8. The lowest BCUT2D eigenvalue weighted by Crippen LogP contribution is -2.41. The van der Waals surface area contributed by atoms with Crippen molar-refractivity contribution in [2.75, 3.05) is 26.2 Å². The fourth-order valence-corrected chi connectivity index (χ4v) is 7.36. The number of likely N-dealkylation sites (tertiary alicyclic amines) is 2. The van der Waals surface area contributed by atoms with Gasteiger partial charge in [0.1, 0.15) is 18.2 Å². The monoisotopic (exact) mass is 601 g/mol. The molecule has 6 rings (SSSR count). The number of benzene rings is 1. The first-order chi connectivity index (χ1) is 20.9. The van der Waals surface area contributed by atoms with E-state index in [4.69, 9.17) is 0 Å². The van der Waals surface area contributed by atoms with Gasteiger partial charge < -0.3 is 19.6 Å². The molecular weight excluding hydrogens is 562 g/mol. The first-order valence-electron chi connectivity index (χ1n) is 14.9. The van der Waals surface area contributed by atoms with Crippen molar-refractivity contribution in [2.45, 2.75) is 58.9 Å². The molecule has 10 nitrogen and oxygen atoms in total. The first kappa shape index (κ1) is 29.3. The normalized spacial score (nSPS) is 16.8. The molecule has 0 radical (unpaired) electrons. The summed E-state index contributed by atoms with van der Waals surface area (Å²) in [7, 11) is 0. The maximum atomic E-state index is 13.5. The Balaban J connectivity index is 1.06. The number of nitrogens with zero attached hydrogens (tertiary/aromatic N) is 6. The van der Waals surface area contributed by atoms with Crippen LogP contribution in [0.15, 0.2) is 60.5 Å². The van der Waals surface area contributed by atoms with Crippen LogP contribution in [0.3, 0.4) is 0 Å². The second kappa shape index (κ2) is 12.8. The highest BCUT2D eigenvalue weighted by molar-refractivity contribution is 7.10. The summed E-state index contributed by atoms with van der Waals surface area (Å²) in [6, 6.07) is 10.1. The van der Waals surface area contributed by atoms with Gasteiger partial charge in [-0.15, -0.1) is 11.3 Å². The lowest BCUT2D eigenvalue weighted by molar-refractivity contribution is -0.137. The molecule has 43 heavy (non-hydrogen) atoms. The molecule has 2 fully saturated rings. The quantitative estimate of drug-likeness (QED) is 0.262. The van der Waals surface area contributed by atoms with Crippen LogP contribution in [0.25, 0.3) is 0 Å². The van der Waals surface area contributed by atoms with Crippen molar-refractivity contribution in [3.63, 3.8) is 0 Å². The molecule has 5 heterocycles. The van der Waals surface area contributed by atoms with E-state index in [0.29, 0.717) is 25.5 Å². The van der Waals surface area contributed by atoms with Gasteiger partial charge >= 0.3 is 5.97 Å². The lowest BCUT2D eigenvalue weighted by Gasteiger charge is -2.39. The van der Waals surface area contributed by atoms with Gasteiger partial charge in [0.2, 0.25) is 0 Å². The summed E-state index contributed by atoms with van der Waals surface area (Å²) >= 11 is 1.85. The molecule has 226 valence electrons. The number of hydrogen-bond donors (Lipinski definition) is 2. The zero-order valence-corrected chi connectivity index (χ0v) is 25.4. The van der Waals surface area contributed by atoms with Gasteiger partial charge in [0, 0.05) is 61.4 Å². The highest BCUT2D eigenvalue weighted by atomic mass is 32.1. The number of hydrogen-bond acceptors (Lipinski definition) is 7. The number of thiophene rings is 1. The number of carbonyl (C=O) groups excluding carboxylic acids is 1. The lowest BCUT2D eigenvalue weighted by atomic mass is 9.78. The average Bonchev–Trinajstić information content (AvgIpc) is 3.81. The van der Waals surface area contributed by atoms with E-state index in [-0.39, 0.29) is 17.9 Å². The molecule has 3 aromatic heterocycles. The van der Waals surface area contributed by atoms with Gasteiger partial charge in [-0.05, 0) is 79.4 Å². The van der Waals surface area contributed by atoms with Gasteiger partial charge in [-0.3, -0.25) is 19.4 Å². The van der Waals surface area contributed by atoms with Gasteiger partial charge in [0.15, 0.2) is 0 Å². The standard InChI is InChI=1S/C32H39N7O3S/c1-24-6-17-43-27(24)19-36-13-7-32(8-14-36)9-15-39(23-32)31(42)26-4-2-25(3-5-26)18-37(20-28-33-10-11-34-28)21-29-35-12-16-38(29)22-30(40)41/h2-6,10-12,16-17H,7-9,13-15,18-23H2,1H3,(H,33,34)(H,40,41). The maximum Gasteiger partial charge on any atom is 0.323 e. The number of aliphatic carboxylic acids is 1. The number of rotatable bonds is 11. The average molecular weight is 602 g/mol. The van der Waals surface area contributed by atoms with E-state index in [1.807, 2.05) is 35.6 Å². The Kier molecular flexibility index (Phi) is 8.73. The van der Waals surface area contributed by atoms with E-state index in [1.54, 1.807) is 29.4 Å². The number of amides is 1. The van der Waals surface area contributed by atoms with Crippen LogP contribution in [0.2, 0.25) is 0 Å². The van der Waals surface area contributed by atoms with Crippen LogP contribution in [-0.4, -0.2) is 77.4 Å². The second-order valence-corrected chi connectivity index (χ2v) is 13.0. The minimum Gasteiger partial charge on any atom is -0.480 e. The fourth-order valence-electron chi connectivity index (χ4n) is 6.41. The Morgan fingerprint density at radius 2 is 1.81 bits per heavy atom. The van der Waals surface area contributed by atoms with Crippen molar-refractivity contribution in [1.82, 2.24) is 34.2 Å². The highest BCUT2D eigenvalue weighted by Gasteiger charge is 2.42. The molecule has 2 saturated heterocycles. The Labute approximate surface area is 256 Å². The molecule has 0 bridgehead atoms. The van der Waals surface area contributed by atoms with Crippen LogP contribution in [0.1, 0.15) is 57.3 Å². The molecular formula is C32H39N7O3S. The number of piperidine rings is 1. The van der Waals surface area contributed by atoms with E-state index in [0.717, 1.165) is 68.9 Å². The molecule has 0 atom stereocenters. The van der Waals surface area contributed by atoms with E-state index < -0.39 is 5.97 Å².